The Morgan fingerprint density at radius 1 is 1.28 bits per heavy atom. The molecule has 2 rings (SSSR count). The SMILES string of the molecule is CC1(N)CCCC(N)=C1/C=C/c1ccccc1S. The second-order valence-electron chi connectivity index (χ2n) is 5.10. The number of thiol groups is 1. The van der Waals surface area contributed by atoms with E-state index in [1.807, 2.05) is 43.3 Å². The van der Waals surface area contributed by atoms with Gasteiger partial charge in [-0.2, -0.15) is 0 Å². The Bertz CT molecular complexity index is 501. The maximum atomic E-state index is 6.31. The molecule has 0 saturated carbocycles. The van der Waals surface area contributed by atoms with E-state index in [-0.39, 0.29) is 5.54 Å². The van der Waals surface area contributed by atoms with Crippen LogP contribution in [0.2, 0.25) is 0 Å². The molecule has 1 aromatic rings. The van der Waals surface area contributed by atoms with E-state index in [1.165, 1.54) is 0 Å². The highest BCUT2D eigenvalue weighted by atomic mass is 32.1. The molecule has 2 nitrogen and oxygen atoms in total. The largest absolute Gasteiger partial charge is 0.402 e. The van der Waals surface area contributed by atoms with E-state index in [1.54, 1.807) is 0 Å². The molecule has 0 amide bonds. The van der Waals surface area contributed by atoms with Gasteiger partial charge in [0, 0.05) is 16.1 Å². The molecule has 1 atom stereocenters. The Morgan fingerprint density at radius 2 is 2.00 bits per heavy atom. The van der Waals surface area contributed by atoms with Crippen molar-refractivity contribution >= 4 is 18.7 Å². The molecule has 0 aliphatic heterocycles. The summed E-state index contributed by atoms with van der Waals surface area (Å²) >= 11 is 4.43. The van der Waals surface area contributed by atoms with Gasteiger partial charge < -0.3 is 11.5 Å². The first kappa shape index (κ1) is 13.2. The predicted octanol–water partition coefficient (Wildman–Crippen LogP) is 3.10. The van der Waals surface area contributed by atoms with Crippen LogP contribution in [0.25, 0.3) is 6.08 Å². The monoisotopic (exact) mass is 260 g/mol. The summed E-state index contributed by atoms with van der Waals surface area (Å²) in [5.74, 6) is 0. The van der Waals surface area contributed by atoms with E-state index in [9.17, 15) is 0 Å². The van der Waals surface area contributed by atoms with Gasteiger partial charge in [0.2, 0.25) is 0 Å². The van der Waals surface area contributed by atoms with Gasteiger partial charge in [-0.25, -0.2) is 0 Å². The number of hydrogen-bond acceptors (Lipinski definition) is 3. The van der Waals surface area contributed by atoms with Crippen LogP contribution >= 0.6 is 12.6 Å². The minimum absolute atomic E-state index is 0.315. The summed E-state index contributed by atoms with van der Waals surface area (Å²) in [7, 11) is 0. The lowest BCUT2D eigenvalue weighted by molar-refractivity contribution is 0.460. The van der Waals surface area contributed by atoms with Crippen LogP contribution in [-0.4, -0.2) is 5.54 Å². The molecule has 0 aromatic heterocycles. The summed E-state index contributed by atoms with van der Waals surface area (Å²) < 4.78 is 0. The Balaban J connectivity index is 2.31. The predicted molar refractivity (Wildman–Crippen MR) is 80.4 cm³/mol. The van der Waals surface area contributed by atoms with Crippen molar-refractivity contribution in [2.24, 2.45) is 11.5 Å². The molecule has 1 aliphatic carbocycles. The standard InChI is InChI=1S/C15H20N2S/c1-15(17)10-4-6-13(16)12(15)9-8-11-5-2-3-7-14(11)18/h2-3,5,7-9,18H,4,6,10,16-17H2,1H3/b9-8+. The topological polar surface area (TPSA) is 52.0 Å². The van der Waals surface area contributed by atoms with Crippen molar-refractivity contribution in [1.82, 2.24) is 0 Å². The Morgan fingerprint density at radius 3 is 2.67 bits per heavy atom. The molecule has 0 spiro atoms. The van der Waals surface area contributed by atoms with Gasteiger partial charge in [-0.15, -0.1) is 12.6 Å². The number of allylic oxidation sites excluding steroid dienone is 1. The second-order valence-corrected chi connectivity index (χ2v) is 5.58. The summed E-state index contributed by atoms with van der Waals surface area (Å²) in [6.07, 6.45) is 7.08. The van der Waals surface area contributed by atoms with E-state index in [4.69, 9.17) is 11.5 Å². The molecule has 0 fully saturated rings. The fourth-order valence-corrected chi connectivity index (χ4v) is 2.62. The van der Waals surface area contributed by atoms with Gasteiger partial charge in [0.15, 0.2) is 0 Å². The summed E-state index contributed by atoms with van der Waals surface area (Å²) in [5, 5.41) is 0. The lowest BCUT2D eigenvalue weighted by Crippen LogP contribution is -2.41. The third-order valence-corrected chi connectivity index (χ3v) is 3.88. The minimum atomic E-state index is -0.315. The van der Waals surface area contributed by atoms with Gasteiger partial charge in [0.05, 0.1) is 0 Å². The fraction of sp³-hybridized carbons (Fsp3) is 0.333. The van der Waals surface area contributed by atoms with Crippen LogP contribution in [0.5, 0.6) is 0 Å². The first-order chi connectivity index (χ1) is 8.50. The van der Waals surface area contributed by atoms with Gasteiger partial charge in [0.25, 0.3) is 0 Å². The first-order valence-electron chi connectivity index (χ1n) is 6.25. The van der Waals surface area contributed by atoms with Gasteiger partial charge in [-0.1, -0.05) is 30.4 Å². The zero-order chi connectivity index (χ0) is 13.2. The highest BCUT2D eigenvalue weighted by Crippen LogP contribution is 2.31. The van der Waals surface area contributed by atoms with Crippen molar-refractivity contribution in [1.29, 1.82) is 0 Å². The molecule has 96 valence electrons. The van der Waals surface area contributed by atoms with E-state index in [0.717, 1.165) is 41.0 Å². The minimum Gasteiger partial charge on any atom is -0.402 e. The molecule has 0 radical (unpaired) electrons. The van der Waals surface area contributed by atoms with Crippen LogP contribution < -0.4 is 11.5 Å². The van der Waals surface area contributed by atoms with Crippen molar-refractivity contribution in [2.45, 2.75) is 36.6 Å². The molecule has 4 N–H and O–H groups in total. The Labute approximate surface area is 114 Å². The average Bonchev–Trinajstić information content (AvgIpc) is 2.30. The average molecular weight is 260 g/mol. The molecule has 1 unspecified atom stereocenters. The zero-order valence-electron chi connectivity index (χ0n) is 10.7. The van der Waals surface area contributed by atoms with Crippen LogP contribution in [0.3, 0.4) is 0 Å². The highest BCUT2D eigenvalue weighted by molar-refractivity contribution is 7.80. The highest BCUT2D eigenvalue weighted by Gasteiger charge is 2.27. The van der Waals surface area contributed by atoms with Crippen molar-refractivity contribution in [2.75, 3.05) is 0 Å². The summed E-state index contributed by atoms with van der Waals surface area (Å²) in [4.78, 5) is 0.961. The fourth-order valence-electron chi connectivity index (χ4n) is 2.38. The van der Waals surface area contributed by atoms with Crippen LogP contribution in [0.15, 0.2) is 46.5 Å². The van der Waals surface area contributed by atoms with Crippen LogP contribution in [0.4, 0.5) is 0 Å². The Hall–Kier alpha value is -1.19. The number of rotatable bonds is 2. The van der Waals surface area contributed by atoms with Crippen molar-refractivity contribution in [3.63, 3.8) is 0 Å². The van der Waals surface area contributed by atoms with Gasteiger partial charge in [-0.05, 0) is 43.4 Å². The summed E-state index contributed by atoms with van der Waals surface area (Å²) in [6.45, 7) is 2.05. The Kier molecular flexibility index (Phi) is 3.83. The number of hydrogen-bond donors (Lipinski definition) is 3. The molecular weight excluding hydrogens is 240 g/mol. The maximum Gasteiger partial charge on any atom is 0.0398 e. The first-order valence-corrected chi connectivity index (χ1v) is 6.69. The number of nitrogens with two attached hydrogens (primary N) is 2. The second kappa shape index (κ2) is 5.21. The quantitative estimate of drug-likeness (QED) is 0.716. The molecule has 0 saturated heterocycles. The van der Waals surface area contributed by atoms with Crippen LogP contribution in [-0.2, 0) is 0 Å². The van der Waals surface area contributed by atoms with E-state index in [0.29, 0.717) is 0 Å². The van der Waals surface area contributed by atoms with Crippen molar-refractivity contribution in [3.8, 4) is 0 Å². The third-order valence-electron chi connectivity index (χ3n) is 3.47. The molecule has 0 bridgehead atoms. The van der Waals surface area contributed by atoms with E-state index >= 15 is 0 Å². The molecule has 1 aromatic carbocycles. The lowest BCUT2D eigenvalue weighted by Gasteiger charge is -2.32. The van der Waals surface area contributed by atoms with Gasteiger partial charge in [0.1, 0.15) is 0 Å². The molecule has 3 heteroatoms. The zero-order valence-corrected chi connectivity index (χ0v) is 11.6. The van der Waals surface area contributed by atoms with E-state index < -0.39 is 0 Å². The van der Waals surface area contributed by atoms with Crippen LogP contribution in [0, 0.1) is 0 Å². The third kappa shape index (κ3) is 2.79. The van der Waals surface area contributed by atoms with Gasteiger partial charge >= 0.3 is 0 Å². The van der Waals surface area contributed by atoms with E-state index in [2.05, 4.69) is 12.6 Å². The molecule has 18 heavy (non-hydrogen) atoms. The van der Waals surface area contributed by atoms with Gasteiger partial charge in [-0.3, -0.25) is 0 Å². The normalized spacial score (nSPS) is 24.8. The summed E-state index contributed by atoms with van der Waals surface area (Å²) in [5.41, 5.74) is 15.1. The smallest absolute Gasteiger partial charge is 0.0398 e. The van der Waals surface area contributed by atoms with Crippen molar-refractivity contribution in [3.05, 3.63) is 47.2 Å². The molecular formula is C15H20N2S. The van der Waals surface area contributed by atoms with Crippen LogP contribution in [0.1, 0.15) is 31.7 Å². The maximum absolute atomic E-state index is 6.31. The molecule has 1 aliphatic rings. The number of benzene rings is 1. The lowest BCUT2D eigenvalue weighted by atomic mass is 9.80. The summed E-state index contributed by atoms with van der Waals surface area (Å²) in [6, 6.07) is 7.98. The molecule has 0 heterocycles. The van der Waals surface area contributed by atoms with Crippen molar-refractivity contribution < 1.29 is 0 Å².